The summed E-state index contributed by atoms with van der Waals surface area (Å²) in [5.41, 5.74) is 2.32. The van der Waals surface area contributed by atoms with Crippen molar-refractivity contribution < 1.29 is 9.13 Å². The Balaban J connectivity index is 1.74. The molecule has 0 aliphatic rings. The molecule has 1 aromatic heterocycles. The summed E-state index contributed by atoms with van der Waals surface area (Å²) >= 11 is 6.18. The van der Waals surface area contributed by atoms with Crippen LogP contribution in [0.15, 0.2) is 82.6 Å². The summed E-state index contributed by atoms with van der Waals surface area (Å²) in [5.74, 6) is 0.808. The van der Waals surface area contributed by atoms with Crippen molar-refractivity contribution in [3.63, 3.8) is 0 Å². The molecule has 0 aliphatic carbocycles. The van der Waals surface area contributed by atoms with Crippen LogP contribution in [-0.4, -0.2) is 15.5 Å². The van der Waals surface area contributed by atoms with E-state index in [9.17, 15) is 9.18 Å². The quantitative estimate of drug-likeness (QED) is 0.379. The number of rotatable bonds is 5. The standard InChI is InChI=1S/C24H19ClFN3O2/c1-15(23-16(2)28-29(24(23)30)19-11-9-18(26)10-12-19)27-21-14-17(25)8-13-22(21)31-20-6-4-3-5-7-20/h3-14,28H,1-2H3. The highest BCUT2D eigenvalue weighted by Gasteiger charge is 2.16. The maximum atomic E-state index is 13.2. The van der Waals surface area contributed by atoms with Crippen molar-refractivity contribution in [2.24, 2.45) is 4.99 Å². The third kappa shape index (κ3) is 4.44. The van der Waals surface area contributed by atoms with Gasteiger partial charge in [0.05, 0.1) is 17.0 Å². The minimum Gasteiger partial charge on any atom is -0.455 e. The number of hydrogen-bond donors (Lipinski definition) is 1. The molecule has 0 amide bonds. The van der Waals surface area contributed by atoms with E-state index >= 15 is 0 Å². The summed E-state index contributed by atoms with van der Waals surface area (Å²) in [6, 6.07) is 20.1. The number of H-pyrrole nitrogens is 1. The second-order valence-corrected chi connectivity index (χ2v) is 7.39. The summed E-state index contributed by atoms with van der Waals surface area (Å²) < 4.78 is 20.6. The Morgan fingerprint density at radius 3 is 2.48 bits per heavy atom. The van der Waals surface area contributed by atoms with Gasteiger partial charge >= 0.3 is 0 Å². The molecule has 0 saturated heterocycles. The van der Waals surface area contributed by atoms with Crippen LogP contribution in [-0.2, 0) is 0 Å². The van der Waals surface area contributed by atoms with E-state index in [-0.39, 0.29) is 11.4 Å². The number of aromatic nitrogens is 2. The van der Waals surface area contributed by atoms with E-state index in [1.54, 1.807) is 32.0 Å². The molecule has 0 aliphatic heterocycles. The SMILES string of the molecule is CC(=Nc1cc(Cl)ccc1Oc1ccccc1)c1c(C)[nH]n(-c2ccc(F)cc2)c1=O. The number of aliphatic imine (C=N–C) groups is 1. The van der Waals surface area contributed by atoms with Gasteiger partial charge in [0.15, 0.2) is 5.75 Å². The zero-order chi connectivity index (χ0) is 22.0. The zero-order valence-corrected chi connectivity index (χ0v) is 17.7. The van der Waals surface area contributed by atoms with Crippen molar-refractivity contribution >= 4 is 23.0 Å². The Hall–Kier alpha value is -3.64. The molecule has 1 N–H and O–H groups in total. The number of aryl methyl sites for hydroxylation is 1. The first-order valence-electron chi connectivity index (χ1n) is 9.58. The molecule has 0 bridgehead atoms. The van der Waals surface area contributed by atoms with Gasteiger partial charge in [0.1, 0.15) is 17.3 Å². The van der Waals surface area contributed by atoms with E-state index in [1.807, 2.05) is 30.3 Å². The van der Waals surface area contributed by atoms with Crippen LogP contribution in [0.2, 0.25) is 5.02 Å². The molecule has 1 heterocycles. The number of para-hydroxylation sites is 1. The van der Waals surface area contributed by atoms with Crippen LogP contribution in [0.1, 0.15) is 18.2 Å². The van der Waals surface area contributed by atoms with E-state index < -0.39 is 0 Å². The molecule has 156 valence electrons. The summed E-state index contributed by atoms with van der Waals surface area (Å²) in [6.07, 6.45) is 0. The number of aromatic amines is 1. The van der Waals surface area contributed by atoms with Gasteiger partial charge in [-0.1, -0.05) is 29.8 Å². The van der Waals surface area contributed by atoms with Gasteiger partial charge in [0, 0.05) is 10.7 Å². The highest BCUT2D eigenvalue weighted by Crippen LogP contribution is 2.34. The van der Waals surface area contributed by atoms with Gasteiger partial charge in [0.2, 0.25) is 0 Å². The largest absolute Gasteiger partial charge is 0.455 e. The molecule has 0 saturated carbocycles. The number of ether oxygens (including phenoxy) is 1. The van der Waals surface area contributed by atoms with Crippen LogP contribution in [0.5, 0.6) is 11.5 Å². The van der Waals surface area contributed by atoms with Gasteiger partial charge in [-0.05, 0) is 68.4 Å². The third-order valence-corrected chi connectivity index (χ3v) is 4.93. The van der Waals surface area contributed by atoms with E-state index in [0.717, 1.165) is 0 Å². The number of hydrogen-bond acceptors (Lipinski definition) is 3. The summed E-state index contributed by atoms with van der Waals surface area (Å²) in [7, 11) is 0. The maximum absolute atomic E-state index is 13.2. The first-order valence-corrected chi connectivity index (χ1v) is 9.96. The van der Waals surface area contributed by atoms with Crippen LogP contribution in [0.4, 0.5) is 10.1 Å². The lowest BCUT2D eigenvalue weighted by Crippen LogP contribution is -2.19. The molecule has 0 spiro atoms. The zero-order valence-electron chi connectivity index (χ0n) is 16.9. The molecule has 31 heavy (non-hydrogen) atoms. The molecule has 4 aromatic rings. The first kappa shape index (κ1) is 20.6. The summed E-state index contributed by atoms with van der Waals surface area (Å²) in [6.45, 7) is 3.54. The fraction of sp³-hybridized carbons (Fsp3) is 0.0833. The van der Waals surface area contributed by atoms with Crippen molar-refractivity contribution in [1.29, 1.82) is 0 Å². The minimum atomic E-state index is -0.370. The van der Waals surface area contributed by atoms with Crippen LogP contribution in [0.25, 0.3) is 5.69 Å². The molecule has 4 rings (SSSR count). The molecule has 0 atom stereocenters. The Bertz CT molecular complexity index is 1310. The van der Waals surface area contributed by atoms with Gasteiger partial charge in [-0.2, -0.15) is 0 Å². The fourth-order valence-electron chi connectivity index (χ4n) is 3.26. The van der Waals surface area contributed by atoms with E-state index in [4.69, 9.17) is 16.3 Å². The fourth-order valence-corrected chi connectivity index (χ4v) is 3.43. The number of nitrogens with zero attached hydrogens (tertiary/aromatic N) is 2. The highest BCUT2D eigenvalue weighted by atomic mass is 35.5. The lowest BCUT2D eigenvalue weighted by Gasteiger charge is -2.09. The monoisotopic (exact) mass is 435 g/mol. The van der Waals surface area contributed by atoms with E-state index in [0.29, 0.717) is 44.9 Å². The topological polar surface area (TPSA) is 59.4 Å². The smallest absolute Gasteiger partial charge is 0.280 e. The summed E-state index contributed by atoms with van der Waals surface area (Å²) in [5, 5.41) is 3.53. The molecule has 0 unspecified atom stereocenters. The lowest BCUT2D eigenvalue weighted by molar-refractivity contribution is 0.484. The normalized spacial score (nSPS) is 11.5. The second-order valence-electron chi connectivity index (χ2n) is 6.95. The Morgan fingerprint density at radius 1 is 1.06 bits per heavy atom. The van der Waals surface area contributed by atoms with Crippen LogP contribution < -0.4 is 10.3 Å². The Morgan fingerprint density at radius 2 is 1.77 bits per heavy atom. The molecule has 0 fully saturated rings. The molecule has 0 radical (unpaired) electrons. The van der Waals surface area contributed by atoms with Crippen molar-refractivity contribution in [3.05, 3.63) is 105 Å². The average Bonchev–Trinajstić information content (AvgIpc) is 3.05. The Kier molecular flexibility index (Phi) is 5.73. The molecule has 7 heteroatoms. The van der Waals surface area contributed by atoms with Crippen molar-refractivity contribution in [2.75, 3.05) is 0 Å². The predicted octanol–water partition coefficient (Wildman–Crippen LogP) is 6.20. The van der Waals surface area contributed by atoms with Crippen LogP contribution in [0.3, 0.4) is 0 Å². The van der Waals surface area contributed by atoms with Gasteiger partial charge in [-0.25, -0.2) is 14.1 Å². The van der Waals surface area contributed by atoms with Crippen molar-refractivity contribution in [1.82, 2.24) is 9.78 Å². The molecular formula is C24H19ClFN3O2. The summed E-state index contributed by atoms with van der Waals surface area (Å²) in [4.78, 5) is 17.7. The number of nitrogens with one attached hydrogen (secondary N) is 1. The van der Waals surface area contributed by atoms with Gasteiger partial charge in [-0.15, -0.1) is 0 Å². The first-order chi connectivity index (χ1) is 14.9. The van der Waals surface area contributed by atoms with Gasteiger partial charge < -0.3 is 4.74 Å². The maximum Gasteiger partial charge on any atom is 0.280 e. The van der Waals surface area contributed by atoms with Crippen molar-refractivity contribution in [2.45, 2.75) is 13.8 Å². The highest BCUT2D eigenvalue weighted by molar-refractivity contribution is 6.31. The van der Waals surface area contributed by atoms with Crippen molar-refractivity contribution in [3.8, 4) is 17.2 Å². The minimum absolute atomic E-state index is 0.280. The predicted molar refractivity (Wildman–Crippen MR) is 121 cm³/mol. The molecule has 5 nitrogen and oxygen atoms in total. The number of benzene rings is 3. The van der Waals surface area contributed by atoms with E-state index in [1.165, 1.54) is 28.9 Å². The van der Waals surface area contributed by atoms with Crippen LogP contribution >= 0.6 is 11.6 Å². The van der Waals surface area contributed by atoms with Crippen LogP contribution in [0, 0.1) is 12.7 Å². The Labute approximate surface area is 183 Å². The van der Waals surface area contributed by atoms with Gasteiger partial charge in [-0.3, -0.25) is 9.89 Å². The average molecular weight is 436 g/mol. The molecular weight excluding hydrogens is 417 g/mol. The lowest BCUT2D eigenvalue weighted by atomic mass is 10.1. The second kappa shape index (κ2) is 8.62. The third-order valence-electron chi connectivity index (χ3n) is 4.70. The van der Waals surface area contributed by atoms with E-state index in [2.05, 4.69) is 10.1 Å². The molecule has 3 aromatic carbocycles. The number of halogens is 2. The van der Waals surface area contributed by atoms with Gasteiger partial charge in [0.25, 0.3) is 5.56 Å².